The first kappa shape index (κ1) is 12.9. The van der Waals surface area contributed by atoms with E-state index < -0.39 is 5.91 Å². The molecule has 1 aromatic carbocycles. The summed E-state index contributed by atoms with van der Waals surface area (Å²) in [7, 11) is 2.08. The van der Waals surface area contributed by atoms with Gasteiger partial charge in [-0.3, -0.25) is 9.78 Å². The van der Waals surface area contributed by atoms with Gasteiger partial charge in [-0.05, 0) is 31.7 Å². The topological polar surface area (TPSA) is 68.5 Å². The normalized spacial score (nSPS) is 19.4. The van der Waals surface area contributed by atoms with E-state index >= 15 is 0 Å². The molecule has 1 aromatic heterocycles. The number of fused-ring (bicyclic) bond motifs is 1. The Morgan fingerprint density at radius 2 is 2.25 bits per heavy atom. The number of carbonyl (C=O) groups excluding carboxylic acids is 1. The van der Waals surface area contributed by atoms with Crippen LogP contribution >= 0.6 is 0 Å². The van der Waals surface area contributed by atoms with E-state index in [1.54, 1.807) is 18.5 Å². The van der Waals surface area contributed by atoms with Crippen molar-refractivity contribution in [2.24, 2.45) is 5.73 Å². The largest absolute Gasteiger partial charge is 0.488 e. The third kappa shape index (κ3) is 2.32. The van der Waals surface area contributed by atoms with E-state index in [0.717, 1.165) is 36.0 Å². The van der Waals surface area contributed by atoms with Crippen LogP contribution in [-0.4, -0.2) is 42.0 Å². The minimum atomic E-state index is -0.449. The maximum atomic E-state index is 11.5. The fraction of sp³-hybridized carbons (Fsp3) is 0.333. The van der Waals surface area contributed by atoms with E-state index in [0.29, 0.717) is 5.56 Å². The van der Waals surface area contributed by atoms with Gasteiger partial charge < -0.3 is 15.4 Å². The molecule has 0 saturated carbocycles. The van der Waals surface area contributed by atoms with Crippen molar-refractivity contribution in [2.45, 2.75) is 12.5 Å². The van der Waals surface area contributed by atoms with Gasteiger partial charge in [0.15, 0.2) is 0 Å². The number of aromatic nitrogens is 1. The second-order valence-electron chi connectivity index (χ2n) is 5.19. The quantitative estimate of drug-likeness (QED) is 0.916. The lowest BCUT2D eigenvalue weighted by Gasteiger charge is -2.16. The van der Waals surface area contributed by atoms with Crippen LogP contribution < -0.4 is 10.5 Å². The van der Waals surface area contributed by atoms with Crippen molar-refractivity contribution in [1.29, 1.82) is 0 Å². The first-order valence-corrected chi connectivity index (χ1v) is 6.67. The number of pyridine rings is 1. The Morgan fingerprint density at radius 3 is 2.95 bits per heavy atom. The van der Waals surface area contributed by atoms with Crippen LogP contribution in [-0.2, 0) is 0 Å². The van der Waals surface area contributed by atoms with Gasteiger partial charge in [-0.25, -0.2) is 0 Å². The zero-order valence-corrected chi connectivity index (χ0v) is 11.4. The minimum absolute atomic E-state index is 0.191. The molecule has 20 heavy (non-hydrogen) atoms. The van der Waals surface area contributed by atoms with E-state index in [1.807, 2.05) is 12.1 Å². The number of likely N-dealkylation sites (N-methyl/N-ethyl adjacent to an activating group) is 1. The molecule has 2 N–H and O–H groups in total. The second kappa shape index (κ2) is 5.09. The fourth-order valence-corrected chi connectivity index (χ4v) is 2.65. The second-order valence-corrected chi connectivity index (χ2v) is 5.19. The first-order chi connectivity index (χ1) is 9.65. The summed E-state index contributed by atoms with van der Waals surface area (Å²) in [6, 6.07) is 5.39. The molecule has 1 atom stereocenters. The number of primary amides is 1. The lowest BCUT2D eigenvalue weighted by atomic mass is 10.1. The lowest BCUT2D eigenvalue weighted by Crippen LogP contribution is -2.21. The van der Waals surface area contributed by atoms with E-state index in [2.05, 4.69) is 16.9 Å². The maximum absolute atomic E-state index is 11.5. The van der Waals surface area contributed by atoms with E-state index in [1.165, 1.54) is 0 Å². The molecule has 1 unspecified atom stereocenters. The minimum Gasteiger partial charge on any atom is -0.488 e. The molecule has 0 bridgehead atoms. The molecule has 1 aliphatic rings. The third-order valence-corrected chi connectivity index (χ3v) is 3.69. The molecule has 0 radical (unpaired) electrons. The number of nitrogens with zero attached hydrogens (tertiary/aromatic N) is 2. The van der Waals surface area contributed by atoms with Gasteiger partial charge >= 0.3 is 0 Å². The highest BCUT2D eigenvalue weighted by Gasteiger charge is 2.22. The van der Waals surface area contributed by atoms with Crippen LogP contribution in [0.2, 0.25) is 0 Å². The maximum Gasteiger partial charge on any atom is 0.249 e. The monoisotopic (exact) mass is 271 g/mol. The molecule has 3 rings (SSSR count). The number of ether oxygens (including phenoxy) is 1. The lowest BCUT2D eigenvalue weighted by molar-refractivity contribution is 0.100. The van der Waals surface area contributed by atoms with Crippen molar-refractivity contribution in [3.63, 3.8) is 0 Å². The Morgan fingerprint density at radius 1 is 1.40 bits per heavy atom. The van der Waals surface area contributed by atoms with Crippen molar-refractivity contribution in [3.8, 4) is 5.75 Å². The SMILES string of the molecule is CN1CCC(Oc2ccc(C(N)=O)c3cnccc23)C1. The Hall–Kier alpha value is -2.14. The van der Waals surface area contributed by atoms with Gasteiger partial charge in [0.1, 0.15) is 11.9 Å². The Bertz CT molecular complexity index is 657. The third-order valence-electron chi connectivity index (χ3n) is 3.69. The van der Waals surface area contributed by atoms with Gasteiger partial charge in [0.05, 0.1) is 0 Å². The smallest absolute Gasteiger partial charge is 0.249 e. The zero-order valence-electron chi connectivity index (χ0n) is 11.4. The number of hydrogen-bond acceptors (Lipinski definition) is 4. The predicted octanol–water partition coefficient (Wildman–Crippen LogP) is 1.42. The Labute approximate surface area is 117 Å². The molecule has 0 spiro atoms. The van der Waals surface area contributed by atoms with Crippen molar-refractivity contribution in [2.75, 3.05) is 20.1 Å². The van der Waals surface area contributed by atoms with Crippen molar-refractivity contribution < 1.29 is 9.53 Å². The van der Waals surface area contributed by atoms with Crippen molar-refractivity contribution in [1.82, 2.24) is 9.88 Å². The molecule has 0 aliphatic carbocycles. The summed E-state index contributed by atoms with van der Waals surface area (Å²) in [4.78, 5) is 17.8. The highest BCUT2D eigenvalue weighted by atomic mass is 16.5. The van der Waals surface area contributed by atoms with E-state index in [4.69, 9.17) is 10.5 Å². The van der Waals surface area contributed by atoms with Gasteiger partial charge in [0.25, 0.3) is 0 Å². The van der Waals surface area contributed by atoms with Crippen molar-refractivity contribution >= 4 is 16.7 Å². The number of rotatable bonds is 3. The van der Waals surface area contributed by atoms with Gasteiger partial charge in [-0.1, -0.05) is 0 Å². The molecule has 2 aromatic rings. The molecule has 1 amide bonds. The summed E-state index contributed by atoms with van der Waals surface area (Å²) in [5.74, 6) is 0.336. The van der Waals surface area contributed by atoms with Crippen molar-refractivity contribution in [3.05, 3.63) is 36.2 Å². The molecular weight excluding hydrogens is 254 g/mol. The van der Waals surface area contributed by atoms with Crippen LogP contribution in [0.25, 0.3) is 10.8 Å². The average Bonchev–Trinajstić information content (AvgIpc) is 2.84. The molecular formula is C15H17N3O2. The standard InChI is InChI=1S/C15H17N3O2/c1-18-7-5-10(9-18)20-14-3-2-12(15(16)19)13-8-17-6-4-11(13)14/h2-4,6,8,10H,5,7,9H2,1H3,(H2,16,19). The Balaban J connectivity index is 2.00. The van der Waals surface area contributed by atoms with Crippen LogP contribution in [0.4, 0.5) is 0 Å². The molecule has 1 aliphatic heterocycles. The van der Waals surface area contributed by atoms with Crippen LogP contribution in [0.5, 0.6) is 5.75 Å². The molecule has 1 fully saturated rings. The zero-order chi connectivity index (χ0) is 14.1. The molecule has 104 valence electrons. The molecule has 1 saturated heterocycles. The van der Waals surface area contributed by atoms with Gasteiger partial charge in [-0.15, -0.1) is 0 Å². The Kier molecular flexibility index (Phi) is 3.28. The summed E-state index contributed by atoms with van der Waals surface area (Å²) in [5, 5.41) is 1.62. The van der Waals surface area contributed by atoms with Crippen LogP contribution in [0.1, 0.15) is 16.8 Å². The number of amides is 1. The van der Waals surface area contributed by atoms with Crippen LogP contribution in [0.15, 0.2) is 30.6 Å². The molecule has 5 heteroatoms. The summed E-state index contributed by atoms with van der Waals surface area (Å²) >= 11 is 0. The summed E-state index contributed by atoms with van der Waals surface area (Å²) in [6.07, 6.45) is 4.56. The number of hydrogen-bond donors (Lipinski definition) is 1. The number of carbonyl (C=O) groups is 1. The van der Waals surface area contributed by atoms with Gasteiger partial charge in [0, 0.05) is 41.8 Å². The predicted molar refractivity (Wildman–Crippen MR) is 76.8 cm³/mol. The fourth-order valence-electron chi connectivity index (χ4n) is 2.65. The van der Waals surface area contributed by atoms with Crippen LogP contribution in [0, 0.1) is 0 Å². The summed E-state index contributed by atoms with van der Waals surface area (Å²) < 4.78 is 6.07. The van der Waals surface area contributed by atoms with E-state index in [-0.39, 0.29) is 6.10 Å². The number of likely N-dealkylation sites (tertiary alicyclic amines) is 1. The highest BCUT2D eigenvalue weighted by Crippen LogP contribution is 2.29. The van der Waals surface area contributed by atoms with Crippen LogP contribution in [0.3, 0.4) is 0 Å². The average molecular weight is 271 g/mol. The summed E-state index contributed by atoms with van der Waals surface area (Å²) in [5.41, 5.74) is 5.87. The number of benzene rings is 1. The first-order valence-electron chi connectivity index (χ1n) is 6.67. The van der Waals surface area contributed by atoms with Gasteiger partial charge in [0.2, 0.25) is 5.91 Å². The molecule has 2 heterocycles. The van der Waals surface area contributed by atoms with Gasteiger partial charge in [-0.2, -0.15) is 0 Å². The van der Waals surface area contributed by atoms with E-state index in [9.17, 15) is 4.79 Å². The molecule has 5 nitrogen and oxygen atoms in total. The number of nitrogens with two attached hydrogens (primary N) is 1. The summed E-state index contributed by atoms with van der Waals surface area (Å²) in [6.45, 7) is 1.97. The highest BCUT2D eigenvalue weighted by molar-refractivity contribution is 6.07.